The lowest BCUT2D eigenvalue weighted by molar-refractivity contribution is -0.124. The molecule has 1 aromatic heterocycles. The van der Waals surface area contributed by atoms with Crippen LogP contribution in [0.25, 0.3) is 0 Å². The monoisotopic (exact) mass is 312 g/mol. The van der Waals surface area contributed by atoms with Crippen LogP contribution in [-0.2, 0) is 16.6 Å². The summed E-state index contributed by atoms with van der Waals surface area (Å²) in [4.78, 5) is 26.3. The van der Waals surface area contributed by atoms with Gasteiger partial charge in [0.25, 0.3) is 0 Å². The van der Waals surface area contributed by atoms with Crippen molar-refractivity contribution in [2.24, 2.45) is 13.0 Å². The molecule has 1 aromatic carbocycles. The zero-order valence-corrected chi connectivity index (χ0v) is 13.3. The van der Waals surface area contributed by atoms with Gasteiger partial charge in [-0.3, -0.25) is 14.3 Å². The standard InChI is InChI=1S/C17H20N4O2/c1-12-4-3-5-14(8-12)19-17(23)13-6-7-16(22)21(10-13)15-9-18-20(2)11-15/h3-5,8-9,11,13H,6-7,10H2,1-2H3,(H,19,23). The number of piperidine rings is 1. The van der Waals surface area contributed by atoms with Crippen LogP contribution in [0.5, 0.6) is 0 Å². The summed E-state index contributed by atoms with van der Waals surface area (Å²) >= 11 is 0. The smallest absolute Gasteiger partial charge is 0.229 e. The van der Waals surface area contributed by atoms with E-state index in [4.69, 9.17) is 0 Å². The molecule has 1 unspecified atom stereocenters. The van der Waals surface area contributed by atoms with Gasteiger partial charge in [0.1, 0.15) is 0 Å². The van der Waals surface area contributed by atoms with Crippen molar-refractivity contribution in [1.29, 1.82) is 0 Å². The predicted octanol–water partition coefficient (Wildman–Crippen LogP) is 2.11. The average molecular weight is 312 g/mol. The SMILES string of the molecule is Cc1cccc(NC(=O)C2CCC(=O)N(c3cnn(C)c3)C2)c1. The van der Waals surface area contributed by atoms with Gasteiger partial charge < -0.3 is 10.2 Å². The summed E-state index contributed by atoms with van der Waals surface area (Å²) in [6, 6.07) is 7.71. The minimum atomic E-state index is -0.214. The van der Waals surface area contributed by atoms with Crippen molar-refractivity contribution >= 4 is 23.2 Å². The van der Waals surface area contributed by atoms with Gasteiger partial charge in [0.05, 0.1) is 17.8 Å². The second kappa shape index (κ2) is 6.24. The van der Waals surface area contributed by atoms with Crippen molar-refractivity contribution < 1.29 is 9.59 Å². The van der Waals surface area contributed by atoms with E-state index in [9.17, 15) is 9.59 Å². The maximum atomic E-state index is 12.5. The molecule has 1 fully saturated rings. The molecule has 0 radical (unpaired) electrons. The first-order chi connectivity index (χ1) is 11.0. The Morgan fingerprint density at radius 1 is 1.39 bits per heavy atom. The molecule has 3 rings (SSSR count). The van der Waals surface area contributed by atoms with Crippen LogP contribution in [-0.4, -0.2) is 28.1 Å². The van der Waals surface area contributed by atoms with Crippen LogP contribution in [0.4, 0.5) is 11.4 Å². The van der Waals surface area contributed by atoms with Crippen LogP contribution in [0.3, 0.4) is 0 Å². The first-order valence-corrected chi connectivity index (χ1v) is 7.69. The molecule has 2 amide bonds. The predicted molar refractivity (Wildman–Crippen MR) is 88.1 cm³/mol. The van der Waals surface area contributed by atoms with Crippen molar-refractivity contribution in [3.63, 3.8) is 0 Å². The number of nitrogens with zero attached hydrogens (tertiary/aromatic N) is 3. The summed E-state index contributed by atoms with van der Waals surface area (Å²) in [5.74, 6) is -0.219. The molecule has 1 saturated heterocycles. The highest BCUT2D eigenvalue weighted by molar-refractivity contribution is 5.98. The van der Waals surface area contributed by atoms with E-state index in [2.05, 4.69) is 10.4 Å². The van der Waals surface area contributed by atoms with Gasteiger partial charge in [0, 0.05) is 31.9 Å². The number of amides is 2. The first-order valence-electron chi connectivity index (χ1n) is 7.69. The number of benzene rings is 1. The van der Waals surface area contributed by atoms with E-state index in [-0.39, 0.29) is 17.7 Å². The Labute approximate surface area is 135 Å². The summed E-state index contributed by atoms with van der Waals surface area (Å²) in [6.45, 7) is 2.38. The molecule has 1 aliphatic heterocycles. The molecule has 0 aliphatic carbocycles. The topological polar surface area (TPSA) is 67.2 Å². The van der Waals surface area contributed by atoms with Gasteiger partial charge in [-0.2, -0.15) is 5.10 Å². The largest absolute Gasteiger partial charge is 0.326 e. The molecule has 2 aromatic rings. The molecule has 1 atom stereocenters. The molecule has 2 heterocycles. The Bertz CT molecular complexity index is 738. The number of carbonyl (C=O) groups excluding carboxylic acids is 2. The Kier molecular flexibility index (Phi) is 4.14. The molecular weight excluding hydrogens is 292 g/mol. The zero-order chi connectivity index (χ0) is 16.4. The molecule has 1 aliphatic rings. The Balaban J connectivity index is 1.70. The summed E-state index contributed by atoms with van der Waals surface area (Å²) in [5.41, 5.74) is 2.63. The van der Waals surface area contributed by atoms with Crippen molar-refractivity contribution in [3.05, 3.63) is 42.2 Å². The van der Waals surface area contributed by atoms with E-state index in [0.29, 0.717) is 19.4 Å². The van der Waals surface area contributed by atoms with Crippen LogP contribution in [0.1, 0.15) is 18.4 Å². The molecule has 6 nitrogen and oxygen atoms in total. The molecule has 6 heteroatoms. The molecule has 0 saturated carbocycles. The van der Waals surface area contributed by atoms with E-state index in [1.165, 1.54) is 0 Å². The first kappa shape index (κ1) is 15.3. The highest BCUT2D eigenvalue weighted by atomic mass is 16.2. The Morgan fingerprint density at radius 2 is 2.22 bits per heavy atom. The maximum absolute atomic E-state index is 12.5. The normalized spacial score (nSPS) is 18.1. The van der Waals surface area contributed by atoms with Crippen molar-refractivity contribution in [2.75, 3.05) is 16.8 Å². The number of carbonyl (C=O) groups is 2. The van der Waals surface area contributed by atoms with Gasteiger partial charge in [-0.05, 0) is 31.0 Å². The second-order valence-corrected chi connectivity index (χ2v) is 5.97. The number of hydrogen-bond acceptors (Lipinski definition) is 3. The van der Waals surface area contributed by atoms with Crippen LogP contribution in [0.15, 0.2) is 36.7 Å². The zero-order valence-electron chi connectivity index (χ0n) is 13.3. The maximum Gasteiger partial charge on any atom is 0.229 e. The molecule has 0 spiro atoms. The van der Waals surface area contributed by atoms with Gasteiger partial charge in [-0.25, -0.2) is 0 Å². The van der Waals surface area contributed by atoms with Crippen LogP contribution < -0.4 is 10.2 Å². The van der Waals surface area contributed by atoms with Crippen molar-refractivity contribution in [3.8, 4) is 0 Å². The molecule has 120 valence electrons. The highest BCUT2D eigenvalue weighted by Crippen LogP contribution is 2.24. The quantitative estimate of drug-likeness (QED) is 0.944. The lowest BCUT2D eigenvalue weighted by Gasteiger charge is -2.30. The van der Waals surface area contributed by atoms with E-state index >= 15 is 0 Å². The number of aromatic nitrogens is 2. The molecular formula is C17H20N4O2. The summed E-state index contributed by atoms with van der Waals surface area (Å²) in [6.07, 6.45) is 4.39. The fraction of sp³-hybridized carbons (Fsp3) is 0.353. The summed E-state index contributed by atoms with van der Waals surface area (Å²) in [7, 11) is 1.81. The van der Waals surface area contributed by atoms with Gasteiger partial charge >= 0.3 is 0 Å². The van der Waals surface area contributed by atoms with Gasteiger partial charge in [0.2, 0.25) is 11.8 Å². The Morgan fingerprint density at radius 3 is 2.91 bits per heavy atom. The fourth-order valence-corrected chi connectivity index (χ4v) is 2.82. The Hall–Kier alpha value is -2.63. The minimum Gasteiger partial charge on any atom is -0.326 e. The molecule has 0 bridgehead atoms. The third-order valence-corrected chi connectivity index (χ3v) is 4.07. The molecule has 1 N–H and O–H groups in total. The minimum absolute atomic E-state index is 0.0394. The van der Waals surface area contributed by atoms with E-state index in [0.717, 1.165) is 16.9 Å². The fourth-order valence-electron chi connectivity index (χ4n) is 2.82. The lowest BCUT2D eigenvalue weighted by Crippen LogP contribution is -2.44. The number of nitrogens with one attached hydrogen (secondary N) is 1. The van der Waals surface area contributed by atoms with Crippen molar-refractivity contribution in [2.45, 2.75) is 19.8 Å². The van der Waals surface area contributed by atoms with Crippen LogP contribution in [0, 0.1) is 12.8 Å². The third kappa shape index (κ3) is 3.41. The number of hydrogen-bond donors (Lipinski definition) is 1. The number of rotatable bonds is 3. The van der Waals surface area contributed by atoms with Gasteiger partial charge in [-0.15, -0.1) is 0 Å². The lowest BCUT2D eigenvalue weighted by atomic mass is 9.96. The third-order valence-electron chi connectivity index (χ3n) is 4.07. The molecule has 23 heavy (non-hydrogen) atoms. The van der Waals surface area contributed by atoms with Crippen molar-refractivity contribution in [1.82, 2.24) is 9.78 Å². The van der Waals surface area contributed by atoms with E-state index < -0.39 is 0 Å². The average Bonchev–Trinajstić information content (AvgIpc) is 2.94. The van der Waals surface area contributed by atoms with E-state index in [1.807, 2.05) is 31.2 Å². The number of aryl methyl sites for hydroxylation is 2. The highest BCUT2D eigenvalue weighted by Gasteiger charge is 2.31. The second-order valence-electron chi connectivity index (χ2n) is 5.97. The number of anilines is 2. The van der Waals surface area contributed by atoms with Gasteiger partial charge in [0.15, 0.2) is 0 Å². The van der Waals surface area contributed by atoms with E-state index in [1.54, 1.807) is 29.0 Å². The van der Waals surface area contributed by atoms with Gasteiger partial charge in [-0.1, -0.05) is 12.1 Å². The van der Waals surface area contributed by atoms with Crippen LogP contribution >= 0.6 is 0 Å². The van der Waals surface area contributed by atoms with Crippen LogP contribution in [0.2, 0.25) is 0 Å². The summed E-state index contributed by atoms with van der Waals surface area (Å²) < 4.78 is 1.65. The summed E-state index contributed by atoms with van der Waals surface area (Å²) in [5, 5.41) is 7.04.